The van der Waals surface area contributed by atoms with Gasteiger partial charge in [0.1, 0.15) is 0 Å². The fourth-order valence-corrected chi connectivity index (χ4v) is 0.319. The van der Waals surface area contributed by atoms with Crippen LogP contribution in [-0.2, 0) is 0 Å². The largest absolute Gasteiger partial charge is 0.0888 e. The van der Waals surface area contributed by atoms with Gasteiger partial charge in [0, 0.05) is 6.42 Å². The van der Waals surface area contributed by atoms with E-state index in [1.165, 1.54) is 0 Å². The van der Waals surface area contributed by atoms with Crippen molar-refractivity contribution in [1.82, 2.24) is 0 Å². The minimum atomic E-state index is 0.650. The van der Waals surface area contributed by atoms with Gasteiger partial charge in [0.05, 0.1) is 0 Å². The maximum atomic E-state index is 6.59. The zero-order chi connectivity index (χ0) is 5.70. The molecule has 7 heavy (non-hydrogen) atoms. The second-order valence-corrected chi connectivity index (χ2v) is 1.89. The molecule has 0 spiro atoms. The van der Waals surface area contributed by atoms with E-state index in [2.05, 4.69) is 19.8 Å². The summed E-state index contributed by atoms with van der Waals surface area (Å²) in [4.78, 5) is 0. The van der Waals surface area contributed by atoms with Crippen LogP contribution in [0.2, 0.25) is 0 Å². The van der Waals surface area contributed by atoms with Crippen LogP contribution in [0.25, 0.3) is 0 Å². The third-order valence-electron chi connectivity index (χ3n) is 1.15. The monoisotopic (exact) mass is 95.1 g/mol. The number of hydrogen-bond donors (Lipinski definition) is 0. The minimum Gasteiger partial charge on any atom is -0.0888 e. The van der Waals surface area contributed by atoms with Crippen molar-refractivity contribution in [1.29, 1.82) is 0 Å². The van der Waals surface area contributed by atoms with Gasteiger partial charge in [0.25, 0.3) is 0 Å². The molecule has 0 saturated carbocycles. The highest BCUT2D eigenvalue weighted by Crippen LogP contribution is 2.03. The molecule has 0 saturated heterocycles. The summed E-state index contributed by atoms with van der Waals surface area (Å²) >= 11 is 0. The molecular weight excluding hydrogens is 84.1 g/mol. The molecular formula is C7H11. The summed E-state index contributed by atoms with van der Waals surface area (Å²) in [5.74, 6) is 3.02. The first-order valence-electron chi connectivity index (χ1n) is 2.70. The van der Waals surface area contributed by atoms with Crippen LogP contribution in [0.4, 0.5) is 0 Å². The third kappa shape index (κ3) is 3.39. The van der Waals surface area contributed by atoms with Gasteiger partial charge in [-0.15, -0.1) is 0 Å². The Hall–Kier alpha value is -0.440. The van der Waals surface area contributed by atoms with Crippen LogP contribution in [0.3, 0.4) is 0 Å². The van der Waals surface area contributed by atoms with E-state index >= 15 is 0 Å². The van der Waals surface area contributed by atoms with Gasteiger partial charge in [-0.2, -0.15) is 0 Å². The standard InChI is InChI=1S/C7H11/c1-4-6-7(3)5-2/h7H,5-6H2,2-3H3/t7-/m0/s1. The first-order chi connectivity index (χ1) is 3.31. The SMILES string of the molecule is [C]#CC[C@@H](C)CC. The Morgan fingerprint density at radius 2 is 2.29 bits per heavy atom. The Morgan fingerprint density at radius 1 is 1.71 bits per heavy atom. The van der Waals surface area contributed by atoms with E-state index in [4.69, 9.17) is 6.42 Å². The molecule has 0 aromatic heterocycles. The molecule has 0 nitrogen and oxygen atoms in total. The van der Waals surface area contributed by atoms with Gasteiger partial charge in [-0.05, 0) is 12.3 Å². The van der Waals surface area contributed by atoms with Crippen LogP contribution >= 0.6 is 0 Å². The van der Waals surface area contributed by atoms with Crippen molar-refractivity contribution < 1.29 is 0 Å². The fourth-order valence-electron chi connectivity index (χ4n) is 0.319. The lowest BCUT2D eigenvalue weighted by atomic mass is 10.1. The van der Waals surface area contributed by atoms with Crippen LogP contribution in [0, 0.1) is 18.3 Å². The van der Waals surface area contributed by atoms with Crippen LogP contribution in [0.15, 0.2) is 0 Å². The zero-order valence-electron chi connectivity index (χ0n) is 4.99. The van der Waals surface area contributed by atoms with E-state index in [9.17, 15) is 0 Å². The highest BCUT2D eigenvalue weighted by molar-refractivity contribution is 4.77. The van der Waals surface area contributed by atoms with Crippen LogP contribution in [0.5, 0.6) is 0 Å². The van der Waals surface area contributed by atoms with Crippen LogP contribution in [-0.4, -0.2) is 0 Å². The van der Waals surface area contributed by atoms with E-state index in [1.54, 1.807) is 0 Å². The smallest absolute Gasteiger partial charge is 0.0125 e. The number of hydrogen-bond acceptors (Lipinski definition) is 0. The Kier molecular flexibility index (Phi) is 3.50. The summed E-state index contributed by atoms with van der Waals surface area (Å²) in [5, 5.41) is 0. The lowest BCUT2D eigenvalue weighted by Crippen LogP contribution is -1.86. The fraction of sp³-hybridized carbons (Fsp3) is 0.714. The molecule has 1 atom stereocenters. The minimum absolute atomic E-state index is 0.650. The maximum absolute atomic E-state index is 6.59. The van der Waals surface area contributed by atoms with Crippen molar-refractivity contribution in [2.75, 3.05) is 0 Å². The summed E-state index contributed by atoms with van der Waals surface area (Å²) in [6, 6.07) is 0. The van der Waals surface area contributed by atoms with Crippen molar-refractivity contribution in [3.05, 3.63) is 6.42 Å². The summed E-state index contributed by atoms with van der Waals surface area (Å²) in [6.07, 6.45) is 8.56. The summed E-state index contributed by atoms with van der Waals surface area (Å²) < 4.78 is 0. The van der Waals surface area contributed by atoms with E-state index in [0.29, 0.717) is 5.92 Å². The van der Waals surface area contributed by atoms with Gasteiger partial charge in [-0.1, -0.05) is 26.2 Å². The Bertz CT molecular complexity index is 66.6. The molecule has 0 aliphatic rings. The molecule has 0 aromatic carbocycles. The van der Waals surface area contributed by atoms with Crippen molar-refractivity contribution in [2.24, 2.45) is 5.92 Å². The Labute approximate surface area is 45.9 Å². The molecule has 0 heterocycles. The van der Waals surface area contributed by atoms with Crippen LogP contribution < -0.4 is 0 Å². The van der Waals surface area contributed by atoms with Gasteiger partial charge in [0.2, 0.25) is 0 Å². The van der Waals surface area contributed by atoms with E-state index in [-0.39, 0.29) is 0 Å². The molecule has 0 fully saturated rings. The average Bonchev–Trinajstić information content (AvgIpc) is 1.68. The van der Waals surface area contributed by atoms with Crippen molar-refractivity contribution in [2.45, 2.75) is 26.7 Å². The second kappa shape index (κ2) is 3.74. The van der Waals surface area contributed by atoms with Gasteiger partial charge in [-0.3, -0.25) is 0 Å². The van der Waals surface area contributed by atoms with Gasteiger partial charge >= 0.3 is 0 Å². The summed E-state index contributed by atoms with van der Waals surface area (Å²) in [5.41, 5.74) is 0. The van der Waals surface area contributed by atoms with Crippen molar-refractivity contribution in [3.63, 3.8) is 0 Å². The Morgan fingerprint density at radius 3 is 2.43 bits per heavy atom. The molecule has 0 bridgehead atoms. The molecule has 0 aliphatic heterocycles. The normalized spacial score (nSPS) is 12.7. The molecule has 0 amide bonds. The molecule has 1 radical (unpaired) electrons. The molecule has 0 N–H and O–H groups in total. The van der Waals surface area contributed by atoms with Crippen LogP contribution in [0.1, 0.15) is 26.7 Å². The lowest BCUT2D eigenvalue weighted by molar-refractivity contribution is 0.580. The quantitative estimate of drug-likeness (QED) is 0.460. The predicted octanol–water partition coefficient (Wildman–Crippen LogP) is 2.01. The van der Waals surface area contributed by atoms with Gasteiger partial charge < -0.3 is 0 Å². The highest BCUT2D eigenvalue weighted by atomic mass is 14.0. The lowest BCUT2D eigenvalue weighted by Gasteiger charge is -1.98. The first kappa shape index (κ1) is 6.56. The molecule has 0 aromatic rings. The highest BCUT2D eigenvalue weighted by Gasteiger charge is 1.91. The summed E-state index contributed by atoms with van der Waals surface area (Å²) in [7, 11) is 0. The molecule has 39 valence electrons. The second-order valence-electron chi connectivity index (χ2n) is 1.89. The average molecular weight is 95.2 g/mol. The van der Waals surface area contributed by atoms with Gasteiger partial charge in [0.15, 0.2) is 0 Å². The number of rotatable bonds is 2. The molecule has 0 rings (SSSR count). The van der Waals surface area contributed by atoms with E-state index < -0.39 is 0 Å². The maximum Gasteiger partial charge on any atom is 0.0125 e. The topological polar surface area (TPSA) is 0 Å². The van der Waals surface area contributed by atoms with Crippen molar-refractivity contribution >= 4 is 0 Å². The predicted molar refractivity (Wildman–Crippen MR) is 31.2 cm³/mol. The molecule has 0 heteroatoms. The first-order valence-corrected chi connectivity index (χ1v) is 2.70. The van der Waals surface area contributed by atoms with Gasteiger partial charge in [-0.25, -0.2) is 0 Å². The third-order valence-corrected chi connectivity index (χ3v) is 1.15. The summed E-state index contributed by atoms with van der Waals surface area (Å²) in [6.45, 7) is 4.25. The molecule has 0 unspecified atom stereocenters. The van der Waals surface area contributed by atoms with E-state index in [1.807, 2.05) is 0 Å². The van der Waals surface area contributed by atoms with Crippen molar-refractivity contribution in [3.8, 4) is 5.92 Å². The zero-order valence-corrected chi connectivity index (χ0v) is 4.99. The molecule has 0 aliphatic carbocycles. The van der Waals surface area contributed by atoms with E-state index in [0.717, 1.165) is 12.8 Å². The Balaban J connectivity index is 3.03.